The first-order chi connectivity index (χ1) is 8.85. The number of benzene rings is 1. The zero-order valence-electron chi connectivity index (χ0n) is 10.5. The standard InChI is InChI=1S/C16H18O2/c17-10-14-8-15-6-5-13(9-16(15)18-11-14)7-12-3-1-2-4-12/h5-6,8-10,12H,1-4,7,11H2. The number of ether oxygens (including phenoxy) is 1. The molecule has 0 N–H and O–H groups in total. The quantitative estimate of drug-likeness (QED) is 0.759. The van der Waals surface area contributed by atoms with Gasteiger partial charge in [0.25, 0.3) is 0 Å². The van der Waals surface area contributed by atoms with Crippen molar-refractivity contribution in [3.63, 3.8) is 0 Å². The van der Waals surface area contributed by atoms with E-state index in [0.29, 0.717) is 12.2 Å². The largest absolute Gasteiger partial charge is 0.488 e. The van der Waals surface area contributed by atoms with Crippen LogP contribution in [0.2, 0.25) is 0 Å². The first-order valence-electron chi connectivity index (χ1n) is 6.76. The summed E-state index contributed by atoms with van der Waals surface area (Å²) in [7, 11) is 0. The molecule has 0 unspecified atom stereocenters. The molecule has 1 aliphatic carbocycles. The molecule has 1 aromatic rings. The molecule has 1 heterocycles. The van der Waals surface area contributed by atoms with Gasteiger partial charge in [0.15, 0.2) is 0 Å². The van der Waals surface area contributed by atoms with Crippen molar-refractivity contribution < 1.29 is 9.53 Å². The van der Waals surface area contributed by atoms with Crippen LogP contribution in [0.3, 0.4) is 0 Å². The smallest absolute Gasteiger partial charge is 0.149 e. The highest BCUT2D eigenvalue weighted by atomic mass is 16.5. The van der Waals surface area contributed by atoms with Crippen LogP contribution in [0.25, 0.3) is 6.08 Å². The number of fused-ring (bicyclic) bond motifs is 1. The van der Waals surface area contributed by atoms with Crippen LogP contribution < -0.4 is 4.74 Å². The van der Waals surface area contributed by atoms with Crippen LogP contribution in [-0.2, 0) is 11.2 Å². The molecule has 94 valence electrons. The highest BCUT2D eigenvalue weighted by molar-refractivity contribution is 5.84. The fraction of sp³-hybridized carbons (Fsp3) is 0.438. The van der Waals surface area contributed by atoms with Gasteiger partial charge in [-0.15, -0.1) is 0 Å². The van der Waals surface area contributed by atoms with Crippen LogP contribution in [0, 0.1) is 5.92 Å². The summed E-state index contributed by atoms with van der Waals surface area (Å²) in [6, 6.07) is 6.39. The maximum Gasteiger partial charge on any atom is 0.149 e. The molecule has 1 aliphatic heterocycles. The third-order valence-electron chi connectivity index (χ3n) is 3.96. The average molecular weight is 242 g/mol. The Morgan fingerprint density at radius 3 is 2.89 bits per heavy atom. The van der Waals surface area contributed by atoms with E-state index >= 15 is 0 Å². The molecule has 1 aromatic carbocycles. The topological polar surface area (TPSA) is 26.3 Å². The van der Waals surface area contributed by atoms with E-state index in [4.69, 9.17) is 4.74 Å². The minimum Gasteiger partial charge on any atom is -0.488 e. The minimum absolute atomic E-state index is 0.406. The van der Waals surface area contributed by atoms with Crippen molar-refractivity contribution in [2.45, 2.75) is 32.1 Å². The summed E-state index contributed by atoms with van der Waals surface area (Å²) >= 11 is 0. The Labute approximate surface area is 108 Å². The second-order valence-corrected chi connectivity index (χ2v) is 5.35. The Bertz CT molecular complexity index is 482. The number of carbonyl (C=O) groups excluding carboxylic acids is 1. The van der Waals surface area contributed by atoms with Gasteiger partial charge in [-0.1, -0.05) is 37.8 Å². The van der Waals surface area contributed by atoms with Gasteiger partial charge in [0.05, 0.1) is 0 Å². The van der Waals surface area contributed by atoms with Crippen molar-refractivity contribution in [2.75, 3.05) is 6.61 Å². The van der Waals surface area contributed by atoms with Crippen molar-refractivity contribution in [2.24, 2.45) is 5.92 Å². The predicted molar refractivity (Wildman–Crippen MR) is 71.6 cm³/mol. The fourth-order valence-corrected chi connectivity index (χ4v) is 2.97. The van der Waals surface area contributed by atoms with Crippen LogP contribution in [-0.4, -0.2) is 12.9 Å². The van der Waals surface area contributed by atoms with Gasteiger partial charge in [0.2, 0.25) is 0 Å². The average Bonchev–Trinajstić information content (AvgIpc) is 2.91. The van der Waals surface area contributed by atoms with Crippen LogP contribution in [0.5, 0.6) is 5.75 Å². The van der Waals surface area contributed by atoms with Crippen LogP contribution in [0.1, 0.15) is 36.8 Å². The van der Waals surface area contributed by atoms with Gasteiger partial charge in [-0.3, -0.25) is 4.79 Å². The van der Waals surface area contributed by atoms with Gasteiger partial charge in [0.1, 0.15) is 18.6 Å². The molecule has 0 saturated heterocycles. The maximum atomic E-state index is 10.7. The molecular weight excluding hydrogens is 224 g/mol. The molecule has 2 aliphatic rings. The van der Waals surface area contributed by atoms with Gasteiger partial charge in [-0.2, -0.15) is 0 Å². The van der Waals surface area contributed by atoms with Crippen LogP contribution >= 0.6 is 0 Å². The molecule has 0 radical (unpaired) electrons. The third-order valence-corrected chi connectivity index (χ3v) is 3.96. The molecule has 0 amide bonds. The monoisotopic (exact) mass is 242 g/mol. The highest BCUT2D eigenvalue weighted by Crippen LogP contribution is 2.31. The first kappa shape index (κ1) is 11.5. The molecule has 3 rings (SSSR count). The van der Waals surface area contributed by atoms with Crippen LogP contribution in [0.4, 0.5) is 0 Å². The summed E-state index contributed by atoms with van der Waals surface area (Å²) < 4.78 is 5.63. The summed E-state index contributed by atoms with van der Waals surface area (Å²) in [4.78, 5) is 10.7. The molecule has 1 fully saturated rings. The summed E-state index contributed by atoms with van der Waals surface area (Å²) in [6.07, 6.45) is 9.47. The summed E-state index contributed by atoms with van der Waals surface area (Å²) in [5, 5.41) is 0. The molecule has 0 bridgehead atoms. The Hall–Kier alpha value is -1.57. The number of hydrogen-bond donors (Lipinski definition) is 0. The Morgan fingerprint density at radius 2 is 2.11 bits per heavy atom. The lowest BCUT2D eigenvalue weighted by Gasteiger charge is -2.17. The zero-order valence-corrected chi connectivity index (χ0v) is 10.5. The predicted octanol–water partition coefficient (Wildman–Crippen LogP) is 3.39. The van der Waals surface area contributed by atoms with E-state index in [2.05, 4.69) is 18.2 Å². The van der Waals surface area contributed by atoms with E-state index in [-0.39, 0.29) is 0 Å². The fourth-order valence-electron chi connectivity index (χ4n) is 2.97. The minimum atomic E-state index is 0.406. The third kappa shape index (κ3) is 2.33. The Morgan fingerprint density at radius 1 is 1.28 bits per heavy atom. The van der Waals surface area contributed by atoms with Gasteiger partial charge >= 0.3 is 0 Å². The molecule has 0 aromatic heterocycles. The molecule has 2 nitrogen and oxygen atoms in total. The van der Waals surface area contributed by atoms with E-state index in [9.17, 15) is 4.79 Å². The Balaban J connectivity index is 1.79. The molecule has 2 heteroatoms. The first-order valence-corrected chi connectivity index (χ1v) is 6.76. The Kier molecular flexibility index (Phi) is 3.18. The second-order valence-electron chi connectivity index (χ2n) is 5.35. The normalized spacial score (nSPS) is 19.0. The molecule has 0 atom stereocenters. The summed E-state index contributed by atoms with van der Waals surface area (Å²) in [6.45, 7) is 0.406. The number of carbonyl (C=O) groups is 1. The van der Waals surface area contributed by atoms with Gasteiger partial charge < -0.3 is 4.74 Å². The molecule has 18 heavy (non-hydrogen) atoms. The van der Waals surface area contributed by atoms with Crippen molar-refractivity contribution in [1.29, 1.82) is 0 Å². The van der Waals surface area contributed by atoms with Crippen LogP contribution in [0.15, 0.2) is 23.8 Å². The zero-order chi connectivity index (χ0) is 12.4. The van der Waals surface area contributed by atoms with E-state index in [1.54, 1.807) is 0 Å². The SMILES string of the molecule is O=CC1=Cc2ccc(CC3CCCC3)cc2OC1. The van der Waals surface area contributed by atoms with E-state index in [0.717, 1.165) is 23.5 Å². The lowest BCUT2D eigenvalue weighted by atomic mass is 9.96. The van der Waals surface area contributed by atoms with E-state index in [1.807, 2.05) is 6.08 Å². The highest BCUT2D eigenvalue weighted by Gasteiger charge is 2.17. The van der Waals surface area contributed by atoms with Crippen molar-refractivity contribution >= 4 is 12.4 Å². The molecule has 1 saturated carbocycles. The number of hydrogen-bond acceptors (Lipinski definition) is 2. The lowest BCUT2D eigenvalue weighted by Crippen LogP contribution is -2.09. The van der Waals surface area contributed by atoms with Crippen molar-refractivity contribution in [1.82, 2.24) is 0 Å². The second kappa shape index (κ2) is 4.97. The van der Waals surface area contributed by atoms with Crippen molar-refractivity contribution in [3.05, 3.63) is 34.9 Å². The van der Waals surface area contributed by atoms with Gasteiger partial charge in [-0.05, 0) is 30.0 Å². The molecule has 0 spiro atoms. The van der Waals surface area contributed by atoms with Gasteiger partial charge in [-0.25, -0.2) is 0 Å². The number of aldehydes is 1. The number of rotatable bonds is 3. The van der Waals surface area contributed by atoms with E-state index < -0.39 is 0 Å². The molecular formula is C16H18O2. The maximum absolute atomic E-state index is 10.7. The summed E-state index contributed by atoms with van der Waals surface area (Å²) in [5.41, 5.74) is 3.10. The van der Waals surface area contributed by atoms with Crippen molar-refractivity contribution in [3.8, 4) is 5.75 Å². The van der Waals surface area contributed by atoms with E-state index in [1.165, 1.54) is 37.7 Å². The lowest BCUT2D eigenvalue weighted by molar-refractivity contribution is -0.105. The van der Waals surface area contributed by atoms with Gasteiger partial charge in [0, 0.05) is 11.1 Å². The summed E-state index contributed by atoms with van der Waals surface area (Å²) in [5.74, 6) is 1.78.